The number of ether oxygens (including phenoxy) is 2. The molecule has 34 heavy (non-hydrogen) atoms. The molecule has 1 saturated heterocycles. The third kappa shape index (κ3) is 4.62. The van der Waals surface area contributed by atoms with Gasteiger partial charge in [0.1, 0.15) is 12.3 Å². The average Bonchev–Trinajstić information content (AvgIpc) is 3.49. The van der Waals surface area contributed by atoms with Crippen LogP contribution >= 0.6 is 11.6 Å². The molecule has 0 saturated carbocycles. The Labute approximate surface area is 202 Å². The quantitative estimate of drug-likeness (QED) is 0.415. The Bertz CT molecular complexity index is 1250. The lowest BCUT2D eigenvalue weighted by Gasteiger charge is -2.36. The Kier molecular flexibility index (Phi) is 6.21. The molecule has 1 aliphatic heterocycles. The van der Waals surface area contributed by atoms with E-state index in [1.54, 1.807) is 29.0 Å². The number of hydrogen-bond donors (Lipinski definition) is 0. The monoisotopic (exact) mass is 479 g/mol. The Morgan fingerprint density at radius 2 is 1.68 bits per heavy atom. The molecule has 0 bridgehead atoms. The maximum Gasteiger partial charge on any atom is 0.175 e. The van der Waals surface area contributed by atoms with Gasteiger partial charge in [0.2, 0.25) is 0 Å². The number of hydrogen-bond acceptors (Lipinski definition) is 7. The van der Waals surface area contributed by atoms with Gasteiger partial charge in [-0.3, -0.25) is 0 Å². The maximum absolute atomic E-state index is 6.40. The van der Waals surface area contributed by atoms with Crippen molar-refractivity contribution in [3.63, 3.8) is 0 Å². The van der Waals surface area contributed by atoms with Crippen LogP contribution in [0.15, 0.2) is 54.9 Å². The summed E-state index contributed by atoms with van der Waals surface area (Å²) in [5.74, 6) is 1.91. The largest absolute Gasteiger partial charge is 0.495 e. The van der Waals surface area contributed by atoms with Gasteiger partial charge in [0.05, 0.1) is 42.4 Å². The second kappa shape index (κ2) is 9.44. The van der Waals surface area contributed by atoms with Crippen LogP contribution in [0, 0.1) is 0 Å². The molecular weight excluding hydrogens is 454 g/mol. The molecule has 10 heteroatoms. The molecule has 0 amide bonds. The van der Waals surface area contributed by atoms with Crippen LogP contribution in [0.25, 0.3) is 17.1 Å². The van der Waals surface area contributed by atoms with Crippen LogP contribution in [0.4, 0.5) is 5.69 Å². The molecule has 1 fully saturated rings. The van der Waals surface area contributed by atoms with E-state index in [4.69, 9.17) is 31.2 Å². The Hall–Kier alpha value is -3.43. The zero-order valence-electron chi connectivity index (χ0n) is 19.3. The molecule has 4 aromatic rings. The molecule has 0 N–H and O–H groups in total. The highest BCUT2D eigenvalue weighted by Crippen LogP contribution is 2.30. The zero-order valence-corrected chi connectivity index (χ0v) is 20.1. The fourth-order valence-electron chi connectivity index (χ4n) is 4.24. The fraction of sp³-hybridized carbons (Fsp3) is 0.333. The molecule has 1 aliphatic rings. The van der Waals surface area contributed by atoms with Gasteiger partial charge in [-0.2, -0.15) is 15.0 Å². The van der Waals surface area contributed by atoms with E-state index in [0.717, 1.165) is 30.0 Å². The number of rotatable bonds is 6. The number of methoxy groups -OCH3 is 1. The molecule has 2 aromatic carbocycles. The van der Waals surface area contributed by atoms with E-state index in [0.29, 0.717) is 29.0 Å². The van der Waals surface area contributed by atoms with Crippen molar-refractivity contribution in [2.24, 2.45) is 0 Å². The van der Waals surface area contributed by atoms with E-state index < -0.39 is 0 Å². The highest BCUT2D eigenvalue weighted by atomic mass is 35.5. The predicted molar refractivity (Wildman–Crippen MR) is 130 cm³/mol. The standard InChI is InChI=1S/C24H26ClN7O2/c1-16-13-30(14-17(2)34-16)19-6-4-18(5-7-19)24-28-23(15-31-26-10-11-27-31)29-32(24)20-8-9-22(33-3)21(25)12-20/h4-12,16-17H,13-15H2,1-3H3. The van der Waals surface area contributed by atoms with Gasteiger partial charge in [-0.25, -0.2) is 9.67 Å². The molecule has 3 heterocycles. The fourth-order valence-corrected chi connectivity index (χ4v) is 4.49. The Morgan fingerprint density at radius 1 is 1.00 bits per heavy atom. The number of benzene rings is 2. The summed E-state index contributed by atoms with van der Waals surface area (Å²) in [4.78, 5) is 8.72. The van der Waals surface area contributed by atoms with Crippen molar-refractivity contribution in [3.05, 3.63) is 65.7 Å². The number of halogens is 1. The van der Waals surface area contributed by atoms with E-state index >= 15 is 0 Å². The summed E-state index contributed by atoms with van der Waals surface area (Å²) in [5, 5.41) is 13.6. The van der Waals surface area contributed by atoms with Crippen LogP contribution in [-0.4, -0.2) is 62.2 Å². The average molecular weight is 480 g/mol. The minimum atomic E-state index is 0.199. The zero-order chi connectivity index (χ0) is 23.7. The van der Waals surface area contributed by atoms with E-state index in [2.05, 4.69) is 53.2 Å². The third-order valence-electron chi connectivity index (χ3n) is 5.69. The third-order valence-corrected chi connectivity index (χ3v) is 5.99. The summed E-state index contributed by atoms with van der Waals surface area (Å²) in [6.45, 7) is 6.31. The topological polar surface area (TPSA) is 83.1 Å². The number of anilines is 1. The predicted octanol–water partition coefficient (Wildman–Crippen LogP) is 3.85. The first-order valence-electron chi connectivity index (χ1n) is 11.1. The Morgan fingerprint density at radius 3 is 2.32 bits per heavy atom. The van der Waals surface area contributed by atoms with Gasteiger partial charge in [-0.05, 0) is 56.3 Å². The smallest absolute Gasteiger partial charge is 0.175 e. The minimum absolute atomic E-state index is 0.199. The van der Waals surface area contributed by atoms with Crippen LogP contribution in [0.3, 0.4) is 0 Å². The number of aromatic nitrogens is 6. The van der Waals surface area contributed by atoms with E-state index in [1.165, 1.54) is 0 Å². The van der Waals surface area contributed by atoms with Gasteiger partial charge in [0, 0.05) is 24.3 Å². The molecule has 5 rings (SSSR count). The summed E-state index contributed by atoms with van der Waals surface area (Å²) < 4.78 is 13.0. The van der Waals surface area contributed by atoms with Crippen LogP contribution < -0.4 is 9.64 Å². The van der Waals surface area contributed by atoms with E-state index in [-0.39, 0.29) is 12.2 Å². The number of morpholine rings is 1. The maximum atomic E-state index is 6.40. The van der Waals surface area contributed by atoms with Gasteiger partial charge in [-0.1, -0.05) is 11.6 Å². The molecule has 0 aliphatic carbocycles. The lowest BCUT2D eigenvalue weighted by molar-refractivity contribution is -0.00521. The normalized spacial score (nSPS) is 18.3. The van der Waals surface area contributed by atoms with Gasteiger partial charge in [0.15, 0.2) is 11.6 Å². The minimum Gasteiger partial charge on any atom is -0.495 e. The van der Waals surface area contributed by atoms with Gasteiger partial charge in [-0.15, -0.1) is 5.10 Å². The second-order valence-electron chi connectivity index (χ2n) is 8.35. The summed E-state index contributed by atoms with van der Waals surface area (Å²) in [5.41, 5.74) is 2.88. The van der Waals surface area contributed by atoms with Crippen molar-refractivity contribution in [2.75, 3.05) is 25.1 Å². The van der Waals surface area contributed by atoms with Crippen molar-refractivity contribution in [3.8, 4) is 22.8 Å². The van der Waals surface area contributed by atoms with Crippen LogP contribution in [0.2, 0.25) is 5.02 Å². The van der Waals surface area contributed by atoms with Gasteiger partial charge in [0.25, 0.3) is 0 Å². The lowest BCUT2D eigenvalue weighted by atomic mass is 10.1. The SMILES string of the molecule is COc1ccc(-n2nc(Cn3nccn3)nc2-c2ccc(N3CC(C)OC(C)C3)cc2)cc1Cl. The molecule has 0 spiro atoms. The van der Waals surface area contributed by atoms with E-state index in [9.17, 15) is 0 Å². The molecular formula is C24H26ClN7O2. The number of nitrogens with zero attached hydrogens (tertiary/aromatic N) is 7. The second-order valence-corrected chi connectivity index (χ2v) is 8.76. The first-order chi connectivity index (χ1) is 16.5. The first kappa shape index (κ1) is 22.4. The van der Waals surface area contributed by atoms with Gasteiger partial charge < -0.3 is 14.4 Å². The highest BCUT2D eigenvalue weighted by Gasteiger charge is 2.23. The first-order valence-corrected chi connectivity index (χ1v) is 11.5. The summed E-state index contributed by atoms with van der Waals surface area (Å²) in [6.07, 6.45) is 3.66. The summed E-state index contributed by atoms with van der Waals surface area (Å²) >= 11 is 6.40. The highest BCUT2D eigenvalue weighted by molar-refractivity contribution is 6.32. The van der Waals surface area contributed by atoms with Crippen LogP contribution in [0.5, 0.6) is 5.75 Å². The van der Waals surface area contributed by atoms with Crippen molar-refractivity contribution in [2.45, 2.75) is 32.6 Å². The molecule has 2 atom stereocenters. The van der Waals surface area contributed by atoms with Crippen LogP contribution in [0.1, 0.15) is 19.7 Å². The van der Waals surface area contributed by atoms with Gasteiger partial charge >= 0.3 is 0 Å². The molecule has 176 valence electrons. The molecule has 9 nitrogen and oxygen atoms in total. The summed E-state index contributed by atoms with van der Waals surface area (Å²) in [7, 11) is 1.59. The van der Waals surface area contributed by atoms with E-state index in [1.807, 2.05) is 18.2 Å². The van der Waals surface area contributed by atoms with Crippen molar-refractivity contribution >= 4 is 17.3 Å². The lowest BCUT2D eigenvalue weighted by Crippen LogP contribution is -2.45. The molecule has 2 unspecified atom stereocenters. The van der Waals surface area contributed by atoms with Crippen molar-refractivity contribution < 1.29 is 9.47 Å². The van der Waals surface area contributed by atoms with Crippen LogP contribution in [-0.2, 0) is 11.3 Å². The van der Waals surface area contributed by atoms with Crippen molar-refractivity contribution in [1.29, 1.82) is 0 Å². The molecule has 2 aromatic heterocycles. The Balaban J connectivity index is 1.50. The summed E-state index contributed by atoms with van der Waals surface area (Å²) in [6, 6.07) is 13.9. The molecule has 0 radical (unpaired) electrons. The van der Waals surface area contributed by atoms with Crippen molar-refractivity contribution in [1.82, 2.24) is 29.8 Å².